The number of pyridine rings is 1. The molecule has 0 saturated carbocycles. The highest BCUT2D eigenvalue weighted by Crippen LogP contribution is 2.24. The maximum Gasteiger partial charge on any atom is 0.331 e. The summed E-state index contributed by atoms with van der Waals surface area (Å²) in [4.78, 5) is 38.4. The summed E-state index contributed by atoms with van der Waals surface area (Å²) in [7, 11) is 1.52. The Kier molecular flexibility index (Phi) is 3.70. The second kappa shape index (κ2) is 5.31. The van der Waals surface area contributed by atoms with Gasteiger partial charge in [-0.2, -0.15) is 0 Å². The molecule has 2 aromatic rings. The molecule has 0 unspecified atom stereocenters. The van der Waals surface area contributed by atoms with Gasteiger partial charge in [-0.3, -0.25) is 24.5 Å². The molecule has 0 aromatic carbocycles. The molecule has 0 spiro atoms. The lowest BCUT2D eigenvalue weighted by Crippen LogP contribution is -2.38. The number of hydrogen-bond acceptors (Lipinski definition) is 5. The van der Waals surface area contributed by atoms with Crippen molar-refractivity contribution >= 4 is 5.69 Å². The molecule has 8 heteroatoms. The Morgan fingerprint density at radius 1 is 1.33 bits per heavy atom. The Morgan fingerprint density at radius 3 is 2.62 bits per heavy atom. The Morgan fingerprint density at radius 2 is 2.00 bits per heavy atom. The zero-order chi connectivity index (χ0) is 15.7. The lowest BCUT2D eigenvalue weighted by atomic mass is 10.1. The summed E-state index contributed by atoms with van der Waals surface area (Å²) in [6.07, 6.45) is 2.75. The zero-order valence-electron chi connectivity index (χ0n) is 11.9. The fourth-order valence-corrected chi connectivity index (χ4v) is 2.11. The SMILES string of the molecule is Cc1cnc(Cn2c(=O)ccn(C)c2=O)c(C)c1[N+](=O)[O-]. The number of hydrogen-bond donors (Lipinski definition) is 0. The van der Waals surface area contributed by atoms with Gasteiger partial charge in [0.2, 0.25) is 0 Å². The van der Waals surface area contributed by atoms with Crippen LogP contribution in [-0.2, 0) is 13.6 Å². The Balaban J connectivity index is 2.59. The Bertz CT molecular complexity index is 835. The molecule has 2 heterocycles. The largest absolute Gasteiger partial charge is 0.331 e. The number of aromatic nitrogens is 3. The Hall–Kier alpha value is -2.77. The van der Waals surface area contributed by atoms with E-state index in [1.54, 1.807) is 13.8 Å². The Labute approximate surface area is 119 Å². The third-order valence-corrected chi connectivity index (χ3v) is 3.31. The van der Waals surface area contributed by atoms with Gasteiger partial charge in [0, 0.05) is 31.1 Å². The lowest BCUT2D eigenvalue weighted by Gasteiger charge is -2.09. The van der Waals surface area contributed by atoms with Crippen molar-refractivity contribution in [2.45, 2.75) is 20.4 Å². The third kappa shape index (κ3) is 2.60. The van der Waals surface area contributed by atoms with Crippen molar-refractivity contribution < 1.29 is 4.92 Å². The van der Waals surface area contributed by atoms with E-state index in [1.165, 1.54) is 30.1 Å². The molecule has 0 aliphatic carbocycles. The fourth-order valence-electron chi connectivity index (χ4n) is 2.11. The molecule has 110 valence electrons. The third-order valence-electron chi connectivity index (χ3n) is 3.31. The van der Waals surface area contributed by atoms with Crippen LogP contribution in [0.3, 0.4) is 0 Å². The zero-order valence-corrected chi connectivity index (χ0v) is 11.9. The van der Waals surface area contributed by atoms with Crippen LogP contribution in [0.2, 0.25) is 0 Å². The quantitative estimate of drug-likeness (QED) is 0.606. The molecule has 8 nitrogen and oxygen atoms in total. The van der Waals surface area contributed by atoms with Crippen molar-refractivity contribution in [3.05, 3.63) is 66.2 Å². The van der Waals surface area contributed by atoms with Crippen LogP contribution in [0, 0.1) is 24.0 Å². The van der Waals surface area contributed by atoms with Gasteiger partial charge >= 0.3 is 5.69 Å². The molecule has 0 bridgehead atoms. The highest BCUT2D eigenvalue weighted by atomic mass is 16.6. The van der Waals surface area contributed by atoms with Crippen LogP contribution >= 0.6 is 0 Å². The van der Waals surface area contributed by atoms with Gasteiger partial charge in [-0.05, 0) is 13.8 Å². The second-order valence-electron chi connectivity index (χ2n) is 4.75. The van der Waals surface area contributed by atoms with Crippen LogP contribution < -0.4 is 11.2 Å². The van der Waals surface area contributed by atoms with Crippen LogP contribution in [0.15, 0.2) is 28.0 Å². The second-order valence-corrected chi connectivity index (χ2v) is 4.75. The van der Waals surface area contributed by atoms with Gasteiger partial charge in [0.1, 0.15) is 0 Å². The molecule has 0 aliphatic heterocycles. The van der Waals surface area contributed by atoms with Crippen molar-refractivity contribution in [2.24, 2.45) is 7.05 Å². The number of nitro groups is 1. The van der Waals surface area contributed by atoms with E-state index in [-0.39, 0.29) is 12.2 Å². The molecule has 0 atom stereocenters. The molecule has 2 aromatic heterocycles. The minimum absolute atomic E-state index is 0.0409. The molecule has 0 N–H and O–H groups in total. The summed E-state index contributed by atoms with van der Waals surface area (Å²) in [5.41, 5.74) is 0.125. The molecular formula is C13H14N4O4. The van der Waals surface area contributed by atoms with Gasteiger partial charge in [0.15, 0.2) is 0 Å². The van der Waals surface area contributed by atoms with Crippen molar-refractivity contribution in [3.63, 3.8) is 0 Å². The normalized spacial score (nSPS) is 10.6. The van der Waals surface area contributed by atoms with Gasteiger partial charge in [-0.25, -0.2) is 4.79 Å². The van der Waals surface area contributed by atoms with E-state index in [0.717, 1.165) is 4.57 Å². The first-order chi connectivity index (χ1) is 9.82. The van der Waals surface area contributed by atoms with Crippen molar-refractivity contribution in [1.82, 2.24) is 14.1 Å². The average molecular weight is 290 g/mol. The summed E-state index contributed by atoms with van der Waals surface area (Å²) in [5.74, 6) is 0. The maximum atomic E-state index is 12.0. The predicted molar refractivity (Wildman–Crippen MR) is 75.4 cm³/mol. The van der Waals surface area contributed by atoms with E-state index in [0.29, 0.717) is 16.8 Å². The van der Waals surface area contributed by atoms with Crippen LogP contribution in [-0.4, -0.2) is 19.0 Å². The predicted octanol–water partition coefficient (Wildman–Crippen LogP) is 0.515. The molecule has 0 saturated heterocycles. The van der Waals surface area contributed by atoms with E-state index in [2.05, 4.69) is 4.98 Å². The van der Waals surface area contributed by atoms with Crippen molar-refractivity contribution in [1.29, 1.82) is 0 Å². The van der Waals surface area contributed by atoms with Crippen LogP contribution in [0.25, 0.3) is 0 Å². The van der Waals surface area contributed by atoms with E-state index in [1.807, 2.05) is 0 Å². The van der Waals surface area contributed by atoms with Gasteiger partial charge in [-0.1, -0.05) is 0 Å². The van der Waals surface area contributed by atoms with E-state index < -0.39 is 16.2 Å². The highest BCUT2D eigenvalue weighted by molar-refractivity contribution is 5.47. The fraction of sp³-hybridized carbons (Fsp3) is 0.308. The van der Waals surface area contributed by atoms with Gasteiger partial charge < -0.3 is 4.57 Å². The van der Waals surface area contributed by atoms with Gasteiger partial charge in [-0.15, -0.1) is 0 Å². The maximum absolute atomic E-state index is 12.0. The van der Waals surface area contributed by atoms with Crippen molar-refractivity contribution in [2.75, 3.05) is 0 Å². The molecular weight excluding hydrogens is 276 g/mol. The molecule has 21 heavy (non-hydrogen) atoms. The summed E-state index contributed by atoms with van der Waals surface area (Å²) >= 11 is 0. The first kappa shape index (κ1) is 14.6. The number of rotatable bonds is 3. The van der Waals surface area contributed by atoms with Crippen LogP contribution in [0.4, 0.5) is 5.69 Å². The van der Waals surface area contributed by atoms with Gasteiger partial charge in [0.05, 0.1) is 22.7 Å². The summed E-state index contributed by atoms with van der Waals surface area (Å²) < 4.78 is 2.26. The summed E-state index contributed by atoms with van der Waals surface area (Å²) in [6.45, 7) is 3.06. The minimum Gasteiger partial charge on any atom is -0.303 e. The van der Waals surface area contributed by atoms with E-state index >= 15 is 0 Å². The topological polar surface area (TPSA) is 100 Å². The minimum atomic E-state index is -0.494. The van der Waals surface area contributed by atoms with E-state index in [9.17, 15) is 19.7 Å². The number of aryl methyl sites for hydroxylation is 2. The first-order valence-electron chi connectivity index (χ1n) is 6.19. The highest BCUT2D eigenvalue weighted by Gasteiger charge is 2.19. The van der Waals surface area contributed by atoms with Crippen molar-refractivity contribution in [3.8, 4) is 0 Å². The number of nitrogens with zero attached hydrogens (tertiary/aromatic N) is 4. The van der Waals surface area contributed by atoms with Crippen LogP contribution in [0.5, 0.6) is 0 Å². The smallest absolute Gasteiger partial charge is 0.303 e. The standard InChI is InChI=1S/C13H14N4O4/c1-8-6-14-10(9(2)12(8)17(20)21)7-16-11(18)4-5-15(3)13(16)19/h4-6H,7H2,1-3H3. The van der Waals surface area contributed by atoms with E-state index in [4.69, 9.17) is 0 Å². The first-order valence-corrected chi connectivity index (χ1v) is 6.19. The lowest BCUT2D eigenvalue weighted by molar-refractivity contribution is -0.386. The monoisotopic (exact) mass is 290 g/mol. The molecule has 0 fully saturated rings. The molecule has 0 aliphatic rings. The van der Waals surface area contributed by atoms with Crippen LogP contribution in [0.1, 0.15) is 16.8 Å². The molecule has 2 rings (SSSR count). The molecule has 0 radical (unpaired) electrons. The summed E-state index contributed by atoms with van der Waals surface area (Å²) in [5, 5.41) is 11.1. The molecule has 0 amide bonds. The average Bonchev–Trinajstić information content (AvgIpc) is 2.41. The van der Waals surface area contributed by atoms with Gasteiger partial charge in [0.25, 0.3) is 11.2 Å². The summed E-state index contributed by atoms with van der Waals surface area (Å²) in [6, 6.07) is 1.26.